The minimum absolute atomic E-state index is 0.00292. The Hall–Kier alpha value is -2.49. The first-order chi connectivity index (χ1) is 13.4. The molecule has 1 aromatic heterocycles. The van der Waals surface area contributed by atoms with E-state index in [4.69, 9.17) is 0 Å². The van der Waals surface area contributed by atoms with Gasteiger partial charge in [-0.05, 0) is 29.8 Å². The molecule has 1 amide bonds. The Kier molecular flexibility index (Phi) is 6.61. The molecule has 0 aliphatic heterocycles. The van der Waals surface area contributed by atoms with Crippen LogP contribution in [0.25, 0.3) is 0 Å². The average Bonchev–Trinajstić information content (AvgIpc) is 3.09. The summed E-state index contributed by atoms with van der Waals surface area (Å²) in [6.45, 7) is 0.525. The molecule has 7 nitrogen and oxygen atoms in total. The second-order valence-electron chi connectivity index (χ2n) is 6.01. The lowest BCUT2D eigenvalue weighted by atomic mass is 10.2. The highest BCUT2D eigenvalue weighted by atomic mass is 79.9. The van der Waals surface area contributed by atoms with E-state index in [1.807, 2.05) is 30.3 Å². The third-order valence-electron chi connectivity index (χ3n) is 3.93. The fourth-order valence-corrected chi connectivity index (χ4v) is 3.82. The number of hydrogen-bond donors (Lipinski definition) is 2. The summed E-state index contributed by atoms with van der Waals surface area (Å²) in [6, 6.07) is 17.8. The van der Waals surface area contributed by atoms with Crippen LogP contribution >= 0.6 is 15.9 Å². The van der Waals surface area contributed by atoms with Gasteiger partial charge in [0.15, 0.2) is 0 Å². The van der Waals surface area contributed by atoms with Crippen molar-refractivity contribution in [3.05, 3.63) is 76.9 Å². The van der Waals surface area contributed by atoms with E-state index in [-0.39, 0.29) is 23.8 Å². The zero-order valence-electron chi connectivity index (χ0n) is 14.9. The summed E-state index contributed by atoms with van der Waals surface area (Å²) in [5, 5.41) is 6.98. The van der Waals surface area contributed by atoms with E-state index in [9.17, 15) is 13.2 Å². The van der Waals surface area contributed by atoms with Crippen molar-refractivity contribution in [3.8, 4) is 0 Å². The molecule has 0 saturated heterocycles. The molecule has 0 atom stereocenters. The van der Waals surface area contributed by atoms with Crippen LogP contribution in [0.4, 0.5) is 5.82 Å². The van der Waals surface area contributed by atoms with Crippen molar-refractivity contribution < 1.29 is 13.2 Å². The normalized spacial score (nSPS) is 11.3. The van der Waals surface area contributed by atoms with Crippen LogP contribution in [0, 0.1) is 0 Å². The summed E-state index contributed by atoms with van der Waals surface area (Å²) in [4.78, 5) is 12.3. The van der Waals surface area contributed by atoms with E-state index in [2.05, 4.69) is 31.1 Å². The van der Waals surface area contributed by atoms with Gasteiger partial charge in [0.2, 0.25) is 15.9 Å². The SMILES string of the molecule is O=C(CCNS(=O)(=O)c1ccc(Br)cc1)Nc1ccnn1Cc1ccccc1. The zero-order valence-corrected chi connectivity index (χ0v) is 17.3. The van der Waals surface area contributed by atoms with E-state index >= 15 is 0 Å². The van der Waals surface area contributed by atoms with E-state index in [1.165, 1.54) is 12.1 Å². The Morgan fingerprint density at radius 1 is 1.04 bits per heavy atom. The Morgan fingerprint density at radius 3 is 2.46 bits per heavy atom. The highest BCUT2D eigenvalue weighted by molar-refractivity contribution is 9.10. The number of halogens is 1. The number of nitrogens with zero attached hydrogens (tertiary/aromatic N) is 2. The second-order valence-corrected chi connectivity index (χ2v) is 8.69. The minimum atomic E-state index is -3.65. The first kappa shape index (κ1) is 20.2. The smallest absolute Gasteiger partial charge is 0.240 e. The van der Waals surface area contributed by atoms with Gasteiger partial charge in [0.1, 0.15) is 5.82 Å². The van der Waals surface area contributed by atoms with Gasteiger partial charge in [-0.3, -0.25) is 4.79 Å². The highest BCUT2D eigenvalue weighted by Gasteiger charge is 2.14. The average molecular weight is 463 g/mol. The van der Waals surface area contributed by atoms with Crippen LogP contribution in [-0.2, 0) is 21.4 Å². The zero-order chi connectivity index (χ0) is 20.0. The maximum Gasteiger partial charge on any atom is 0.240 e. The molecule has 3 aromatic rings. The van der Waals surface area contributed by atoms with Crippen LogP contribution in [0.5, 0.6) is 0 Å². The Bertz CT molecular complexity index is 1030. The van der Waals surface area contributed by atoms with E-state index in [1.54, 1.807) is 29.1 Å². The molecule has 3 rings (SSSR count). The van der Waals surface area contributed by atoms with Crippen molar-refractivity contribution in [1.82, 2.24) is 14.5 Å². The first-order valence-electron chi connectivity index (χ1n) is 8.55. The van der Waals surface area contributed by atoms with Crippen LogP contribution in [0.15, 0.2) is 76.2 Å². The maximum atomic E-state index is 12.2. The third kappa shape index (κ3) is 5.51. The quantitative estimate of drug-likeness (QED) is 0.537. The molecule has 0 bridgehead atoms. The molecule has 0 unspecified atom stereocenters. The second kappa shape index (κ2) is 9.13. The molecular weight excluding hydrogens is 444 g/mol. The highest BCUT2D eigenvalue weighted by Crippen LogP contribution is 2.14. The molecule has 146 valence electrons. The Labute approximate surface area is 172 Å². The molecule has 0 radical (unpaired) electrons. The fourth-order valence-electron chi connectivity index (χ4n) is 2.52. The van der Waals surface area contributed by atoms with Gasteiger partial charge in [-0.1, -0.05) is 46.3 Å². The van der Waals surface area contributed by atoms with Crippen LogP contribution in [0.2, 0.25) is 0 Å². The van der Waals surface area contributed by atoms with Gasteiger partial charge in [0, 0.05) is 23.5 Å². The Morgan fingerprint density at radius 2 is 1.75 bits per heavy atom. The molecule has 0 aliphatic rings. The van der Waals surface area contributed by atoms with Gasteiger partial charge in [0.05, 0.1) is 17.6 Å². The van der Waals surface area contributed by atoms with E-state index < -0.39 is 10.0 Å². The first-order valence-corrected chi connectivity index (χ1v) is 10.8. The molecule has 0 aliphatic carbocycles. The van der Waals surface area contributed by atoms with Gasteiger partial charge >= 0.3 is 0 Å². The molecule has 1 heterocycles. The lowest BCUT2D eigenvalue weighted by Gasteiger charge is -2.10. The van der Waals surface area contributed by atoms with Crippen LogP contribution in [-0.4, -0.2) is 30.7 Å². The summed E-state index contributed by atoms with van der Waals surface area (Å²) >= 11 is 3.26. The molecule has 2 N–H and O–H groups in total. The summed E-state index contributed by atoms with van der Waals surface area (Å²) in [7, 11) is -3.65. The van der Waals surface area contributed by atoms with Crippen molar-refractivity contribution in [1.29, 1.82) is 0 Å². The fraction of sp³-hybridized carbons (Fsp3) is 0.158. The number of anilines is 1. The van der Waals surface area contributed by atoms with Crippen molar-refractivity contribution >= 4 is 37.7 Å². The van der Waals surface area contributed by atoms with Crippen molar-refractivity contribution in [2.24, 2.45) is 0 Å². The monoisotopic (exact) mass is 462 g/mol. The number of rotatable bonds is 8. The number of amides is 1. The van der Waals surface area contributed by atoms with Crippen molar-refractivity contribution in [2.45, 2.75) is 17.9 Å². The number of nitrogens with one attached hydrogen (secondary N) is 2. The number of carbonyl (C=O) groups is 1. The predicted octanol–water partition coefficient (Wildman–Crippen LogP) is 3.00. The molecule has 0 spiro atoms. The third-order valence-corrected chi connectivity index (χ3v) is 5.93. The van der Waals surface area contributed by atoms with Crippen molar-refractivity contribution in [2.75, 3.05) is 11.9 Å². The summed E-state index contributed by atoms with van der Waals surface area (Å²) < 4.78 is 29.4. The molecule has 2 aromatic carbocycles. The summed E-state index contributed by atoms with van der Waals surface area (Å²) in [5.74, 6) is 0.262. The number of hydrogen-bond acceptors (Lipinski definition) is 4. The van der Waals surface area contributed by atoms with Gasteiger partial charge in [-0.25, -0.2) is 17.8 Å². The minimum Gasteiger partial charge on any atom is -0.311 e. The van der Waals surface area contributed by atoms with Crippen molar-refractivity contribution in [3.63, 3.8) is 0 Å². The molecule has 9 heteroatoms. The van der Waals surface area contributed by atoms with E-state index in [0.717, 1.165) is 10.0 Å². The molecule has 0 fully saturated rings. The molecule has 0 saturated carbocycles. The van der Waals surface area contributed by atoms with Crippen LogP contribution in [0.3, 0.4) is 0 Å². The number of sulfonamides is 1. The largest absolute Gasteiger partial charge is 0.311 e. The molecular formula is C19H19BrN4O3S. The van der Waals surface area contributed by atoms with Gasteiger partial charge < -0.3 is 5.32 Å². The summed E-state index contributed by atoms with van der Waals surface area (Å²) in [5.41, 5.74) is 1.06. The molecule has 28 heavy (non-hydrogen) atoms. The number of benzene rings is 2. The standard InChI is InChI=1S/C19H19BrN4O3S/c20-16-6-8-17(9-7-16)28(26,27)22-13-11-19(25)23-18-10-12-21-24(18)14-15-4-2-1-3-5-15/h1-10,12,22H,11,13-14H2,(H,23,25). The predicted molar refractivity (Wildman–Crippen MR) is 110 cm³/mol. The lowest BCUT2D eigenvalue weighted by molar-refractivity contribution is -0.116. The topological polar surface area (TPSA) is 93.1 Å². The van der Waals surface area contributed by atoms with Gasteiger partial charge in [0.25, 0.3) is 0 Å². The van der Waals surface area contributed by atoms with Crippen LogP contribution in [0.1, 0.15) is 12.0 Å². The Balaban J connectivity index is 1.53. The summed E-state index contributed by atoms with van der Waals surface area (Å²) in [6.07, 6.45) is 1.61. The van der Waals surface area contributed by atoms with E-state index in [0.29, 0.717) is 12.4 Å². The van der Waals surface area contributed by atoms with Gasteiger partial charge in [-0.2, -0.15) is 5.10 Å². The van der Waals surface area contributed by atoms with Crippen LogP contribution < -0.4 is 10.0 Å². The maximum absolute atomic E-state index is 12.2. The van der Waals surface area contributed by atoms with Gasteiger partial charge in [-0.15, -0.1) is 0 Å². The lowest BCUT2D eigenvalue weighted by Crippen LogP contribution is -2.28. The number of carbonyl (C=O) groups excluding carboxylic acids is 1. The number of aromatic nitrogens is 2.